The molecule has 1 aliphatic heterocycles. The van der Waals surface area contributed by atoms with Gasteiger partial charge in [0, 0.05) is 31.7 Å². The minimum absolute atomic E-state index is 0.0943. The Morgan fingerprint density at radius 3 is 2.58 bits per heavy atom. The lowest BCUT2D eigenvalue weighted by Gasteiger charge is -2.33. The van der Waals surface area contributed by atoms with E-state index < -0.39 is 0 Å². The number of amides is 1. The normalized spacial score (nSPS) is 16.0. The molecule has 0 saturated carbocycles. The Labute approximate surface area is 143 Å². The second kappa shape index (κ2) is 6.29. The summed E-state index contributed by atoms with van der Waals surface area (Å²) in [6.45, 7) is 6.39. The number of rotatable bonds is 3. The smallest absolute Gasteiger partial charge is 0.293 e. The van der Waals surface area contributed by atoms with Gasteiger partial charge in [-0.1, -0.05) is 48.6 Å². The number of benzene rings is 1. The molecule has 0 N–H and O–H groups in total. The molecule has 3 aromatic rings. The number of carbonyl (C=O) groups is 1. The molecule has 7 nitrogen and oxygen atoms in total. The van der Waals surface area contributed by atoms with E-state index in [0.29, 0.717) is 10.8 Å². The topological polar surface area (TPSA) is 66.6 Å². The van der Waals surface area contributed by atoms with E-state index >= 15 is 0 Å². The van der Waals surface area contributed by atoms with E-state index in [1.165, 1.54) is 11.3 Å². The van der Waals surface area contributed by atoms with Crippen molar-refractivity contribution in [1.82, 2.24) is 29.6 Å². The molecule has 24 heavy (non-hydrogen) atoms. The van der Waals surface area contributed by atoms with Gasteiger partial charge in [0.1, 0.15) is 5.01 Å². The van der Waals surface area contributed by atoms with Crippen LogP contribution in [0.3, 0.4) is 0 Å². The van der Waals surface area contributed by atoms with Gasteiger partial charge in [-0.25, -0.2) is 0 Å². The highest BCUT2D eigenvalue weighted by atomic mass is 32.1. The van der Waals surface area contributed by atoms with Gasteiger partial charge in [0.05, 0.1) is 0 Å². The van der Waals surface area contributed by atoms with Crippen molar-refractivity contribution in [2.24, 2.45) is 0 Å². The average molecular weight is 342 g/mol. The molecular formula is C16H18N6OS. The first-order chi connectivity index (χ1) is 11.8. The third kappa shape index (κ3) is 2.67. The number of piperazine rings is 1. The molecule has 1 fully saturated rings. The molecule has 3 heterocycles. The molecule has 124 valence electrons. The summed E-state index contributed by atoms with van der Waals surface area (Å²) in [5.41, 5.74) is 1.02. The van der Waals surface area contributed by atoms with Crippen LogP contribution in [0.15, 0.2) is 30.3 Å². The fourth-order valence-corrected chi connectivity index (χ4v) is 3.70. The average Bonchev–Trinajstić information content (AvgIpc) is 3.22. The predicted octanol–water partition coefficient (Wildman–Crippen LogP) is 1.63. The van der Waals surface area contributed by atoms with Crippen molar-refractivity contribution < 1.29 is 4.79 Å². The molecule has 1 saturated heterocycles. The van der Waals surface area contributed by atoms with Crippen LogP contribution in [0.25, 0.3) is 15.5 Å². The van der Waals surface area contributed by atoms with E-state index in [1.54, 1.807) is 4.52 Å². The lowest BCUT2D eigenvalue weighted by molar-refractivity contribution is 0.0628. The summed E-state index contributed by atoms with van der Waals surface area (Å²) in [4.78, 5) is 17.6. The number of nitrogens with zero attached hydrogens (tertiary/aromatic N) is 6. The lowest BCUT2D eigenvalue weighted by Crippen LogP contribution is -2.48. The number of aromatic nitrogens is 4. The van der Waals surface area contributed by atoms with Gasteiger partial charge in [0.25, 0.3) is 5.91 Å². The molecule has 0 atom stereocenters. The van der Waals surface area contributed by atoms with Crippen LogP contribution in [0.1, 0.15) is 17.5 Å². The van der Waals surface area contributed by atoms with Crippen molar-refractivity contribution >= 4 is 22.2 Å². The highest BCUT2D eigenvalue weighted by Crippen LogP contribution is 2.25. The van der Waals surface area contributed by atoms with Gasteiger partial charge in [-0.05, 0) is 6.54 Å². The highest BCUT2D eigenvalue weighted by Gasteiger charge is 2.26. The molecule has 1 aromatic carbocycles. The number of likely N-dealkylation sites (N-methyl/N-ethyl adjacent to an activating group) is 1. The zero-order valence-electron chi connectivity index (χ0n) is 13.4. The number of carbonyl (C=O) groups excluding carboxylic acids is 1. The molecule has 2 aromatic heterocycles. The maximum absolute atomic E-state index is 12.8. The van der Waals surface area contributed by atoms with Crippen LogP contribution in [0.2, 0.25) is 0 Å². The Morgan fingerprint density at radius 1 is 1.12 bits per heavy atom. The van der Waals surface area contributed by atoms with Crippen molar-refractivity contribution in [3.05, 3.63) is 36.2 Å². The Balaban J connectivity index is 1.61. The molecule has 1 aliphatic rings. The first-order valence-electron chi connectivity index (χ1n) is 8.05. The fourth-order valence-electron chi connectivity index (χ4n) is 2.86. The molecular weight excluding hydrogens is 324 g/mol. The molecule has 0 aliphatic carbocycles. The second-order valence-corrected chi connectivity index (χ2v) is 6.67. The van der Waals surface area contributed by atoms with Gasteiger partial charge in [-0.3, -0.25) is 4.79 Å². The van der Waals surface area contributed by atoms with Gasteiger partial charge in [0.2, 0.25) is 10.8 Å². The van der Waals surface area contributed by atoms with E-state index in [2.05, 4.69) is 27.1 Å². The Morgan fingerprint density at radius 2 is 1.88 bits per heavy atom. The molecule has 8 heteroatoms. The number of hydrogen-bond acceptors (Lipinski definition) is 6. The SMILES string of the molecule is CCN1CCN(C(=O)c2nnc3sc(-c4ccccc4)nn23)CC1. The van der Waals surface area contributed by atoms with Crippen LogP contribution in [0, 0.1) is 0 Å². The largest absolute Gasteiger partial charge is 0.333 e. The summed E-state index contributed by atoms with van der Waals surface area (Å²) in [5.74, 6) is 0.205. The second-order valence-electron chi connectivity index (χ2n) is 5.72. The highest BCUT2D eigenvalue weighted by molar-refractivity contribution is 7.19. The molecule has 0 unspecified atom stereocenters. The number of hydrogen-bond donors (Lipinski definition) is 0. The zero-order chi connectivity index (χ0) is 16.5. The third-order valence-electron chi connectivity index (χ3n) is 4.31. The Kier molecular flexibility index (Phi) is 3.99. The molecule has 0 bridgehead atoms. The summed E-state index contributed by atoms with van der Waals surface area (Å²) in [6, 6.07) is 9.90. The molecule has 0 spiro atoms. The van der Waals surface area contributed by atoms with Crippen LogP contribution >= 0.6 is 11.3 Å². The first kappa shape index (κ1) is 15.2. The summed E-state index contributed by atoms with van der Waals surface area (Å²) in [5, 5.41) is 13.6. The zero-order valence-corrected chi connectivity index (χ0v) is 14.2. The predicted molar refractivity (Wildman–Crippen MR) is 92.1 cm³/mol. The van der Waals surface area contributed by atoms with Crippen LogP contribution < -0.4 is 0 Å². The summed E-state index contributed by atoms with van der Waals surface area (Å²) >= 11 is 1.44. The third-order valence-corrected chi connectivity index (χ3v) is 5.26. The van der Waals surface area contributed by atoms with Crippen molar-refractivity contribution in [3.8, 4) is 10.6 Å². The maximum atomic E-state index is 12.8. The van der Waals surface area contributed by atoms with Crippen LogP contribution in [-0.2, 0) is 0 Å². The molecule has 1 amide bonds. The minimum atomic E-state index is -0.0943. The van der Waals surface area contributed by atoms with E-state index in [-0.39, 0.29) is 5.91 Å². The van der Waals surface area contributed by atoms with Crippen LogP contribution in [0.4, 0.5) is 0 Å². The fraction of sp³-hybridized carbons (Fsp3) is 0.375. The van der Waals surface area contributed by atoms with Crippen molar-refractivity contribution in [2.45, 2.75) is 6.92 Å². The maximum Gasteiger partial charge on any atom is 0.293 e. The first-order valence-corrected chi connectivity index (χ1v) is 8.87. The van der Waals surface area contributed by atoms with E-state index in [4.69, 9.17) is 0 Å². The van der Waals surface area contributed by atoms with E-state index in [9.17, 15) is 4.79 Å². The standard InChI is InChI=1S/C16H18N6OS/c1-2-20-8-10-21(11-9-20)15(23)13-17-18-16-22(13)19-14(24-16)12-6-4-3-5-7-12/h3-7H,2,8-11H2,1H3. The van der Waals surface area contributed by atoms with Gasteiger partial charge >= 0.3 is 0 Å². The van der Waals surface area contributed by atoms with Crippen molar-refractivity contribution in [2.75, 3.05) is 32.7 Å². The molecule has 0 radical (unpaired) electrons. The minimum Gasteiger partial charge on any atom is -0.333 e. The van der Waals surface area contributed by atoms with Gasteiger partial charge < -0.3 is 9.80 Å². The van der Waals surface area contributed by atoms with E-state index in [1.807, 2.05) is 35.2 Å². The van der Waals surface area contributed by atoms with Crippen LogP contribution in [0.5, 0.6) is 0 Å². The monoisotopic (exact) mass is 342 g/mol. The van der Waals surface area contributed by atoms with Gasteiger partial charge in [-0.2, -0.15) is 9.61 Å². The number of fused-ring (bicyclic) bond motifs is 1. The summed E-state index contributed by atoms with van der Waals surface area (Å²) in [6.07, 6.45) is 0. The summed E-state index contributed by atoms with van der Waals surface area (Å²) < 4.78 is 1.57. The Hall–Kier alpha value is -2.32. The Bertz CT molecular complexity index is 850. The van der Waals surface area contributed by atoms with E-state index in [0.717, 1.165) is 43.3 Å². The van der Waals surface area contributed by atoms with Crippen molar-refractivity contribution in [1.29, 1.82) is 0 Å². The van der Waals surface area contributed by atoms with Crippen molar-refractivity contribution in [3.63, 3.8) is 0 Å². The van der Waals surface area contributed by atoms with Gasteiger partial charge in [0.15, 0.2) is 0 Å². The molecule has 4 rings (SSSR count). The lowest BCUT2D eigenvalue weighted by atomic mass is 10.2. The van der Waals surface area contributed by atoms with Gasteiger partial charge in [-0.15, -0.1) is 10.2 Å². The summed E-state index contributed by atoms with van der Waals surface area (Å²) in [7, 11) is 0. The quantitative estimate of drug-likeness (QED) is 0.724. The van der Waals surface area contributed by atoms with Crippen LogP contribution in [-0.4, -0.2) is 68.2 Å².